The molecule has 0 amide bonds. The molecule has 1 aromatic carbocycles. The highest BCUT2D eigenvalue weighted by Gasteiger charge is 2.09. The summed E-state index contributed by atoms with van der Waals surface area (Å²) in [5.74, 6) is -1.20. The molecule has 0 aliphatic carbocycles. The quantitative estimate of drug-likeness (QED) is 0.530. The van der Waals surface area contributed by atoms with E-state index in [1.165, 1.54) is 27.9 Å². The summed E-state index contributed by atoms with van der Waals surface area (Å²) in [4.78, 5) is 15.0. The molecule has 23 heavy (non-hydrogen) atoms. The Morgan fingerprint density at radius 3 is 2.30 bits per heavy atom. The van der Waals surface area contributed by atoms with Crippen molar-refractivity contribution in [2.24, 2.45) is 0 Å². The maximum Gasteiger partial charge on any atom is 0.346 e. The molecule has 0 fully saturated rings. The predicted octanol–water partition coefficient (Wildman–Crippen LogP) is 5.14. The normalized spacial score (nSPS) is 11.2. The van der Waals surface area contributed by atoms with E-state index in [1.807, 2.05) is 30.3 Å². The van der Waals surface area contributed by atoms with Crippen LogP contribution in [0.15, 0.2) is 60.2 Å². The fourth-order valence-electron chi connectivity index (χ4n) is 2.07. The van der Waals surface area contributed by atoms with E-state index in [9.17, 15) is 4.79 Å². The number of carboxylic acids is 1. The molecule has 0 radical (unpaired) electrons. The number of carboxylic acid groups (broad SMARTS) is 1. The fraction of sp³-hybridized carbons (Fsp3) is 0. The minimum atomic E-state index is -1.20. The van der Waals surface area contributed by atoms with Gasteiger partial charge in [-0.15, -0.1) is 22.7 Å². The Balaban J connectivity index is 1.89. The third-order valence-corrected chi connectivity index (χ3v) is 5.53. The van der Waals surface area contributed by atoms with Crippen LogP contribution in [0.2, 0.25) is 0 Å². The number of hydrogen-bond acceptors (Lipinski definition) is 4. The van der Waals surface area contributed by atoms with E-state index in [0.717, 1.165) is 14.6 Å². The lowest BCUT2D eigenvalue weighted by atomic mass is 10.2. The SMILES string of the molecule is N#C/C(=C\c1ccc(-c2ccc(-c3ccccc3)s2)s1)C(=O)O. The Kier molecular flexibility index (Phi) is 4.38. The van der Waals surface area contributed by atoms with Crippen molar-refractivity contribution in [2.75, 3.05) is 0 Å². The van der Waals surface area contributed by atoms with Crippen molar-refractivity contribution in [1.82, 2.24) is 0 Å². The average Bonchev–Trinajstić information content (AvgIpc) is 3.22. The highest BCUT2D eigenvalue weighted by Crippen LogP contribution is 2.38. The standard InChI is InChI=1S/C18H11NO2S2/c19-11-13(18(20)21)10-14-6-7-16(22-14)17-9-8-15(23-17)12-4-2-1-3-5-12/h1-10H,(H,20,21)/b13-10+. The van der Waals surface area contributed by atoms with Gasteiger partial charge in [0.05, 0.1) is 0 Å². The lowest BCUT2D eigenvalue weighted by molar-refractivity contribution is -0.132. The second-order valence-corrected chi connectivity index (χ2v) is 6.91. The molecule has 2 aromatic heterocycles. The minimum absolute atomic E-state index is 0.255. The van der Waals surface area contributed by atoms with E-state index in [0.29, 0.717) is 0 Å². The van der Waals surface area contributed by atoms with Gasteiger partial charge in [-0.1, -0.05) is 30.3 Å². The summed E-state index contributed by atoms with van der Waals surface area (Å²) >= 11 is 3.17. The maximum absolute atomic E-state index is 10.9. The Bertz CT molecular complexity index is 914. The molecule has 2 heterocycles. The molecule has 3 aromatic rings. The molecule has 0 aliphatic rings. The largest absolute Gasteiger partial charge is 0.477 e. The zero-order valence-electron chi connectivity index (χ0n) is 11.9. The molecule has 3 rings (SSSR count). The molecular weight excluding hydrogens is 326 g/mol. The van der Waals surface area contributed by atoms with Crippen LogP contribution >= 0.6 is 22.7 Å². The van der Waals surface area contributed by atoms with Crippen molar-refractivity contribution >= 4 is 34.7 Å². The summed E-state index contributed by atoms with van der Waals surface area (Å²) < 4.78 is 0. The first-order valence-corrected chi connectivity index (χ1v) is 8.41. The number of rotatable bonds is 4. The molecule has 0 saturated carbocycles. The van der Waals surface area contributed by atoms with E-state index in [-0.39, 0.29) is 5.57 Å². The lowest BCUT2D eigenvalue weighted by Crippen LogP contribution is -1.96. The van der Waals surface area contributed by atoms with Gasteiger partial charge in [-0.3, -0.25) is 0 Å². The first-order valence-electron chi connectivity index (χ1n) is 6.78. The molecule has 5 heteroatoms. The van der Waals surface area contributed by atoms with Crippen LogP contribution in [0.25, 0.3) is 26.3 Å². The third kappa shape index (κ3) is 3.39. The number of hydrogen-bond donors (Lipinski definition) is 1. The van der Waals surface area contributed by atoms with Gasteiger partial charge in [-0.25, -0.2) is 4.79 Å². The summed E-state index contributed by atoms with van der Waals surface area (Å²) in [6.07, 6.45) is 1.40. The molecule has 0 atom stereocenters. The summed E-state index contributed by atoms with van der Waals surface area (Å²) in [7, 11) is 0. The Morgan fingerprint density at radius 1 is 0.957 bits per heavy atom. The Labute approximate surface area is 141 Å². The van der Waals surface area contributed by atoms with Gasteiger partial charge in [0.2, 0.25) is 0 Å². The van der Waals surface area contributed by atoms with E-state index in [1.54, 1.807) is 17.4 Å². The van der Waals surface area contributed by atoms with E-state index >= 15 is 0 Å². The first-order chi connectivity index (χ1) is 11.2. The van der Waals surface area contributed by atoms with Crippen LogP contribution in [-0.4, -0.2) is 11.1 Å². The van der Waals surface area contributed by atoms with Gasteiger partial charge in [-0.05, 0) is 35.9 Å². The maximum atomic E-state index is 10.9. The fourth-order valence-corrected chi connectivity index (χ4v) is 4.13. The highest BCUT2D eigenvalue weighted by atomic mass is 32.1. The van der Waals surface area contributed by atoms with Crippen LogP contribution in [0, 0.1) is 11.3 Å². The van der Waals surface area contributed by atoms with Gasteiger partial charge in [0, 0.05) is 19.5 Å². The molecule has 0 saturated heterocycles. The zero-order valence-corrected chi connectivity index (χ0v) is 13.5. The van der Waals surface area contributed by atoms with Gasteiger partial charge >= 0.3 is 5.97 Å². The topological polar surface area (TPSA) is 61.1 Å². The Morgan fingerprint density at radius 2 is 1.61 bits per heavy atom. The molecule has 0 aliphatic heterocycles. The Hall–Kier alpha value is -2.68. The van der Waals surface area contributed by atoms with Gasteiger partial charge in [0.1, 0.15) is 11.6 Å². The van der Waals surface area contributed by atoms with Gasteiger partial charge in [0.15, 0.2) is 0 Å². The van der Waals surface area contributed by atoms with Gasteiger partial charge < -0.3 is 5.11 Å². The van der Waals surface area contributed by atoms with Crippen molar-refractivity contribution in [3.8, 4) is 26.3 Å². The van der Waals surface area contributed by atoms with Gasteiger partial charge in [-0.2, -0.15) is 5.26 Å². The van der Waals surface area contributed by atoms with Crippen molar-refractivity contribution in [1.29, 1.82) is 5.26 Å². The number of aliphatic carboxylic acids is 1. The lowest BCUT2D eigenvalue weighted by Gasteiger charge is -1.95. The van der Waals surface area contributed by atoms with Gasteiger partial charge in [0.25, 0.3) is 0 Å². The highest BCUT2D eigenvalue weighted by molar-refractivity contribution is 7.24. The van der Waals surface area contributed by atoms with Crippen LogP contribution in [-0.2, 0) is 4.79 Å². The van der Waals surface area contributed by atoms with Crippen molar-refractivity contribution in [2.45, 2.75) is 0 Å². The van der Waals surface area contributed by atoms with E-state index in [4.69, 9.17) is 10.4 Å². The summed E-state index contributed by atoms with van der Waals surface area (Å²) in [5, 5.41) is 17.7. The average molecular weight is 337 g/mol. The smallest absolute Gasteiger partial charge is 0.346 e. The predicted molar refractivity (Wildman–Crippen MR) is 94.3 cm³/mol. The molecule has 3 nitrogen and oxygen atoms in total. The molecule has 0 unspecified atom stereocenters. The first kappa shape index (κ1) is 15.2. The summed E-state index contributed by atoms with van der Waals surface area (Å²) in [6.45, 7) is 0. The van der Waals surface area contributed by atoms with E-state index in [2.05, 4.69) is 24.3 Å². The van der Waals surface area contributed by atoms with Crippen LogP contribution in [0.5, 0.6) is 0 Å². The second kappa shape index (κ2) is 6.61. The monoisotopic (exact) mass is 337 g/mol. The molecule has 1 N–H and O–H groups in total. The van der Waals surface area contributed by atoms with Crippen LogP contribution in [0.3, 0.4) is 0 Å². The van der Waals surface area contributed by atoms with Crippen molar-refractivity contribution < 1.29 is 9.90 Å². The third-order valence-electron chi connectivity index (χ3n) is 3.17. The molecule has 112 valence electrons. The number of nitriles is 1. The number of thiophene rings is 2. The van der Waals surface area contributed by atoms with Crippen LogP contribution in [0.1, 0.15) is 4.88 Å². The molecular formula is C18H11NO2S2. The summed E-state index contributed by atoms with van der Waals surface area (Å²) in [6, 6.07) is 19.8. The summed E-state index contributed by atoms with van der Waals surface area (Å²) in [5.41, 5.74) is 0.924. The van der Waals surface area contributed by atoms with Crippen molar-refractivity contribution in [3.05, 3.63) is 65.0 Å². The number of nitrogens with zero attached hydrogens (tertiary/aromatic N) is 1. The van der Waals surface area contributed by atoms with E-state index < -0.39 is 5.97 Å². The molecule has 0 spiro atoms. The zero-order chi connectivity index (χ0) is 16.2. The second-order valence-electron chi connectivity index (χ2n) is 4.71. The number of carbonyl (C=O) groups is 1. The van der Waals surface area contributed by atoms with Crippen LogP contribution in [0.4, 0.5) is 0 Å². The minimum Gasteiger partial charge on any atom is -0.477 e. The van der Waals surface area contributed by atoms with Crippen LogP contribution < -0.4 is 0 Å². The van der Waals surface area contributed by atoms with Crippen molar-refractivity contribution in [3.63, 3.8) is 0 Å². The molecule has 0 bridgehead atoms. The number of benzene rings is 1.